The van der Waals surface area contributed by atoms with Crippen LogP contribution in [0.25, 0.3) is 0 Å². The van der Waals surface area contributed by atoms with Crippen LogP contribution >= 0.6 is 11.8 Å². The van der Waals surface area contributed by atoms with Crippen molar-refractivity contribution in [1.29, 1.82) is 0 Å². The summed E-state index contributed by atoms with van der Waals surface area (Å²) in [6.45, 7) is 0.191. The van der Waals surface area contributed by atoms with Crippen molar-refractivity contribution in [2.24, 2.45) is 0 Å². The lowest BCUT2D eigenvalue weighted by atomic mass is 10.0. The van der Waals surface area contributed by atoms with E-state index in [4.69, 9.17) is 14.2 Å². The number of rotatable bonds is 8. The lowest BCUT2D eigenvalue weighted by Gasteiger charge is -2.25. The zero-order valence-electron chi connectivity index (χ0n) is 19.1. The van der Waals surface area contributed by atoms with Crippen molar-refractivity contribution in [3.63, 3.8) is 0 Å². The highest BCUT2D eigenvalue weighted by molar-refractivity contribution is 7.98. The van der Waals surface area contributed by atoms with Gasteiger partial charge in [0.05, 0.1) is 19.1 Å². The third kappa shape index (κ3) is 6.94. The normalized spacial score (nSPS) is 15.1. The summed E-state index contributed by atoms with van der Waals surface area (Å²) in [5.74, 6) is 1.95. The van der Waals surface area contributed by atoms with E-state index in [1.54, 1.807) is 11.8 Å². The minimum absolute atomic E-state index is 0.154. The van der Waals surface area contributed by atoms with Gasteiger partial charge in [0, 0.05) is 10.6 Å². The van der Waals surface area contributed by atoms with Crippen LogP contribution in [0.4, 0.5) is 13.2 Å². The monoisotopic (exact) mass is 502 g/mol. The Hall–Kier alpha value is -3.13. The van der Waals surface area contributed by atoms with Gasteiger partial charge >= 0.3 is 12.1 Å². The van der Waals surface area contributed by atoms with Gasteiger partial charge in [0.25, 0.3) is 0 Å². The number of benzene rings is 3. The van der Waals surface area contributed by atoms with Gasteiger partial charge < -0.3 is 14.2 Å². The first kappa shape index (κ1) is 25.0. The number of aryl methyl sites for hydroxylation is 1. The lowest BCUT2D eigenvalue weighted by Crippen LogP contribution is -2.26. The molecule has 0 bridgehead atoms. The predicted molar refractivity (Wildman–Crippen MR) is 128 cm³/mol. The maximum absolute atomic E-state index is 12.7. The number of carbonyl (C=O) groups excluding carboxylic acids is 1. The highest BCUT2D eigenvalue weighted by Crippen LogP contribution is 2.34. The van der Waals surface area contributed by atoms with Gasteiger partial charge in [-0.25, -0.2) is 0 Å². The fourth-order valence-corrected chi connectivity index (χ4v) is 4.67. The summed E-state index contributed by atoms with van der Waals surface area (Å²) < 4.78 is 54.6. The number of methoxy groups -OCH3 is 1. The van der Waals surface area contributed by atoms with Crippen molar-refractivity contribution in [2.45, 2.75) is 48.8 Å². The van der Waals surface area contributed by atoms with Crippen LogP contribution in [-0.4, -0.2) is 19.2 Å². The van der Waals surface area contributed by atoms with E-state index < -0.39 is 11.7 Å². The summed E-state index contributed by atoms with van der Waals surface area (Å²) in [7, 11) is 1.38. The zero-order valence-corrected chi connectivity index (χ0v) is 20.0. The summed E-state index contributed by atoms with van der Waals surface area (Å²) in [6.07, 6.45) is -2.63. The van der Waals surface area contributed by atoms with Crippen molar-refractivity contribution >= 4 is 17.7 Å². The summed E-state index contributed by atoms with van der Waals surface area (Å²) in [6, 6.07) is 18.8. The molecule has 35 heavy (non-hydrogen) atoms. The topological polar surface area (TPSA) is 44.8 Å². The van der Waals surface area contributed by atoms with Gasteiger partial charge in [0.2, 0.25) is 0 Å². The molecule has 0 saturated heterocycles. The van der Waals surface area contributed by atoms with E-state index in [0.717, 1.165) is 52.5 Å². The maximum atomic E-state index is 12.7. The molecule has 4 rings (SSSR count). The van der Waals surface area contributed by atoms with E-state index in [1.807, 2.05) is 36.4 Å². The number of hydrogen-bond acceptors (Lipinski definition) is 5. The van der Waals surface area contributed by atoms with Gasteiger partial charge in [-0.2, -0.15) is 13.2 Å². The Morgan fingerprint density at radius 1 is 1.06 bits per heavy atom. The molecule has 1 atom stereocenters. The molecule has 0 spiro atoms. The quantitative estimate of drug-likeness (QED) is 0.249. The molecule has 1 aliphatic heterocycles. The Labute approximate surface area is 206 Å². The molecule has 0 amide bonds. The number of esters is 1. The smallest absolute Gasteiger partial charge is 0.416 e. The summed E-state index contributed by atoms with van der Waals surface area (Å²) >= 11 is 1.70. The maximum Gasteiger partial charge on any atom is 0.416 e. The van der Waals surface area contributed by atoms with E-state index in [1.165, 1.54) is 19.2 Å². The Morgan fingerprint density at radius 2 is 1.86 bits per heavy atom. The molecule has 0 fully saturated rings. The average molecular weight is 503 g/mol. The van der Waals surface area contributed by atoms with E-state index in [-0.39, 0.29) is 25.1 Å². The molecule has 0 radical (unpaired) electrons. The Morgan fingerprint density at radius 3 is 2.60 bits per heavy atom. The number of carbonyl (C=O) groups is 1. The molecule has 0 saturated carbocycles. The Balaban J connectivity index is 1.30. The second-order valence-electron chi connectivity index (χ2n) is 8.25. The Kier molecular flexibility index (Phi) is 7.90. The van der Waals surface area contributed by atoms with E-state index in [2.05, 4.69) is 6.07 Å². The number of fused-ring (bicyclic) bond motifs is 1. The first-order valence-electron chi connectivity index (χ1n) is 11.2. The fraction of sp³-hybridized carbons (Fsp3) is 0.296. The molecule has 1 heterocycles. The van der Waals surface area contributed by atoms with Crippen molar-refractivity contribution in [2.75, 3.05) is 7.11 Å². The average Bonchev–Trinajstić information content (AvgIpc) is 2.86. The molecule has 0 aliphatic carbocycles. The van der Waals surface area contributed by atoms with Gasteiger partial charge in [0.15, 0.2) is 0 Å². The fourth-order valence-electron chi connectivity index (χ4n) is 3.77. The number of alkyl halides is 3. The highest BCUT2D eigenvalue weighted by Gasteiger charge is 2.30. The van der Waals surface area contributed by atoms with Gasteiger partial charge in [-0.3, -0.25) is 4.79 Å². The molecule has 3 aromatic rings. The van der Waals surface area contributed by atoms with Crippen molar-refractivity contribution in [1.82, 2.24) is 0 Å². The van der Waals surface area contributed by atoms with Gasteiger partial charge in [-0.1, -0.05) is 24.3 Å². The molecule has 1 aliphatic rings. The van der Waals surface area contributed by atoms with Crippen LogP contribution < -0.4 is 9.47 Å². The second kappa shape index (κ2) is 11.1. The van der Waals surface area contributed by atoms with E-state index in [0.29, 0.717) is 11.3 Å². The number of ether oxygens (including phenoxy) is 3. The number of halogens is 3. The minimum atomic E-state index is -4.34. The van der Waals surface area contributed by atoms with Crippen LogP contribution in [0.15, 0.2) is 71.6 Å². The molecule has 0 N–H and O–H groups in total. The van der Waals surface area contributed by atoms with Crippen LogP contribution in [0.1, 0.15) is 35.1 Å². The molecular formula is C27H25F3O4S. The highest BCUT2D eigenvalue weighted by atomic mass is 32.2. The van der Waals surface area contributed by atoms with E-state index >= 15 is 0 Å². The number of thioether (sulfide) groups is 1. The van der Waals surface area contributed by atoms with Crippen LogP contribution in [0.3, 0.4) is 0 Å². The number of hydrogen-bond donors (Lipinski definition) is 0. The molecule has 8 heteroatoms. The Bertz CT molecular complexity index is 1160. The van der Waals surface area contributed by atoms with Crippen LogP contribution in [0.5, 0.6) is 11.5 Å². The molecule has 4 nitrogen and oxygen atoms in total. The predicted octanol–water partition coefficient (Wildman–Crippen LogP) is 6.83. The molecule has 1 unspecified atom stereocenters. The zero-order chi connectivity index (χ0) is 24.8. The summed E-state index contributed by atoms with van der Waals surface area (Å²) in [4.78, 5) is 12.6. The standard InChI is InChI=1S/C27H25F3O4S/c1-32-26(31)15-23-10-7-20-14-24(11-12-25(20)34-23)35-17-19-3-2-4-22(13-19)33-16-18-5-8-21(9-6-18)27(28,29)30/h2-6,8-9,11-14,23H,7,10,15-17H2,1H3. The van der Waals surface area contributed by atoms with Crippen LogP contribution in [0, 0.1) is 0 Å². The molecule has 3 aromatic carbocycles. The van der Waals surface area contributed by atoms with Crippen molar-refractivity contribution < 1.29 is 32.2 Å². The largest absolute Gasteiger partial charge is 0.490 e. The minimum Gasteiger partial charge on any atom is -0.490 e. The van der Waals surface area contributed by atoms with Gasteiger partial charge in [-0.15, -0.1) is 11.8 Å². The molecule has 184 valence electrons. The van der Waals surface area contributed by atoms with Gasteiger partial charge in [-0.05, 0) is 72.0 Å². The van der Waals surface area contributed by atoms with Crippen molar-refractivity contribution in [3.8, 4) is 11.5 Å². The molecule has 0 aromatic heterocycles. The molecular weight excluding hydrogens is 477 g/mol. The first-order chi connectivity index (χ1) is 16.8. The first-order valence-corrected chi connectivity index (χ1v) is 12.2. The van der Waals surface area contributed by atoms with Crippen molar-refractivity contribution in [3.05, 3.63) is 89.0 Å². The van der Waals surface area contributed by atoms with Crippen LogP contribution in [-0.2, 0) is 34.5 Å². The second-order valence-corrected chi connectivity index (χ2v) is 9.30. The van der Waals surface area contributed by atoms with E-state index in [9.17, 15) is 18.0 Å². The van der Waals surface area contributed by atoms with Crippen LogP contribution in [0.2, 0.25) is 0 Å². The SMILES string of the molecule is COC(=O)CC1CCc2cc(SCc3cccc(OCc4ccc(C(F)(F)F)cc4)c3)ccc2O1. The van der Waals surface area contributed by atoms with Gasteiger partial charge in [0.1, 0.15) is 24.2 Å². The lowest BCUT2D eigenvalue weighted by molar-refractivity contribution is -0.142. The third-order valence-electron chi connectivity index (χ3n) is 5.67. The third-order valence-corrected chi connectivity index (χ3v) is 6.74. The summed E-state index contributed by atoms with van der Waals surface area (Å²) in [5, 5.41) is 0. The summed E-state index contributed by atoms with van der Waals surface area (Å²) in [5.41, 5.74) is 2.20.